The third-order valence-corrected chi connectivity index (χ3v) is 4.79. The molecule has 23 heavy (non-hydrogen) atoms. The van der Waals surface area contributed by atoms with E-state index in [4.69, 9.17) is 21.2 Å². The normalized spacial score (nSPS) is 27.0. The zero-order valence-electron chi connectivity index (χ0n) is 13.0. The van der Waals surface area contributed by atoms with E-state index in [1.54, 1.807) is 12.0 Å². The zero-order valence-corrected chi connectivity index (χ0v) is 13.7. The molecule has 0 N–H and O–H groups in total. The van der Waals surface area contributed by atoms with Crippen LogP contribution in [0.25, 0.3) is 0 Å². The number of carbonyl (C=O) groups excluding carboxylic acids is 1. The van der Waals surface area contributed by atoms with Gasteiger partial charge in [-0.25, -0.2) is 9.86 Å². The van der Waals surface area contributed by atoms with Crippen LogP contribution in [0, 0.1) is 0 Å². The summed E-state index contributed by atoms with van der Waals surface area (Å²) in [5.41, 5.74) is 1.72. The first-order valence-electron chi connectivity index (χ1n) is 7.42. The first-order chi connectivity index (χ1) is 11.1. The average molecular weight is 332 g/mol. The molecule has 3 atom stereocenters. The van der Waals surface area contributed by atoms with E-state index in [2.05, 4.69) is 0 Å². The van der Waals surface area contributed by atoms with E-state index in [0.717, 1.165) is 11.3 Å². The summed E-state index contributed by atoms with van der Waals surface area (Å²) in [6.07, 6.45) is -0.540. The molecule has 0 bridgehead atoms. The lowest BCUT2D eigenvalue weighted by atomic mass is 9.89. The molecule has 1 aliphatic heterocycles. The van der Waals surface area contributed by atoms with Gasteiger partial charge in [0.15, 0.2) is 4.87 Å². The third-order valence-electron chi connectivity index (χ3n) is 4.12. The van der Waals surface area contributed by atoms with Crippen molar-refractivity contribution in [1.82, 2.24) is 0 Å². The van der Waals surface area contributed by atoms with Gasteiger partial charge in [-0.05, 0) is 24.6 Å². The number of benzene rings is 2. The maximum absolute atomic E-state index is 12.4. The van der Waals surface area contributed by atoms with Gasteiger partial charge >= 0.3 is 5.97 Å². The lowest BCUT2D eigenvalue weighted by Gasteiger charge is -2.30. The van der Waals surface area contributed by atoms with Gasteiger partial charge in [0, 0.05) is 0 Å². The summed E-state index contributed by atoms with van der Waals surface area (Å²) in [7, 11) is 1.34. The third kappa shape index (κ3) is 2.58. The predicted octanol–water partition coefficient (Wildman–Crippen LogP) is 3.72. The van der Waals surface area contributed by atoms with Crippen molar-refractivity contribution >= 4 is 23.3 Å². The van der Waals surface area contributed by atoms with Crippen molar-refractivity contribution in [3.8, 4) is 0 Å². The number of carbonyl (C=O) groups is 1. The number of halogens is 1. The summed E-state index contributed by atoms with van der Waals surface area (Å²) >= 11 is 6.78. The molecule has 1 unspecified atom stereocenters. The minimum Gasteiger partial charge on any atom is -0.468 e. The summed E-state index contributed by atoms with van der Waals surface area (Å²) < 4.78 is 4.97. The molecule has 2 aromatic carbocycles. The van der Waals surface area contributed by atoms with Crippen LogP contribution < -0.4 is 5.06 Å². The highest BCUT2D eigenvalue weighted by molar-refractivity contribution is 6.35. The highest BCUT2D eigenvalue weighted by Gasteiger charge is 2.60. The van der Waals surface area contributed by atoms with Crippen LogP contribution in [-0.2, 0) is 14.4 Å². The summed E-state index contributed by atoms with van der Waals surface area (Å²) in [6, 6.07) is 18.7. The van der Waals surface area contributed by atoms with Gasteiger partial charge < -0.3 is 4.74 Å². The van der Waals surface area contributed by atoms with Crippen molar-refractivity contribution in [2.45, 2.75) is 23.9 Å². The van der Waals surface area contributed by atoms with Gasteiger partial charge in [0.1, 0.15) is 12.1 Å². The molecule has 0 saturated carbocycles. The Bertz CT molecular complexity index is 679. The largest absolute Gasteiger partial charge is 0.468 e. The van der Waals surface area contributed by atoms with Crippen LogP contribution in [-0.4, -0.2) is 24.1 Å². The van der Waals surface area contributed by atoms with E-state index in [1.807, 2.05) is 60.7 Å². The second-order valence-corrected chi connectivity index (χ2v) is 6.11. The summed E-state index contributed by atoms with van der Waals surface area (Å²) in [6.45, 7) is 1.78. The number of nitrogens with zero attached hydrogens (tertiary/aromatic N) is 1. The Morgan fingerprint density at radius 3 is 2.26 bits per heavy atom. The first-order valence-corrected chi connectivity index (χ1v) is 7.80. The van der Waals surface area contributed by atoms with E-state index >= 15 is 0 Å². The molecule has 0 spiro atoms. The average Bonchev–Trinajstić information content (AvgIpc) is 2.88. The number of hydroxylamine groups is 1. The molecule has 2 aromatic rings. The van der Waals surface area contributed by atoms with Gasteiger partial charge in [0.2, 0.25) is 0 Å². The van der Waals surface area contributed by atoms with Gasteiger partial charge in [0.05, 0.1) is 12.8 Å². The molecular weight excluding hydrogens is 314 g/mol. The Labute approximate surface area is 140 Å². The smallest absolute Gasteiger partial charge is 0.332 e. The monoisotopic (exact) mass is 331 g/mol. The van der Waals surface area contributed by atoms with Crippen LogP contribution >= 0.6 is 11.6 Å². The Kier molecular flexibility index (Phi) is 4.28. The predicted molar refractivity (Wildman–Crippen MR) is 89.3 cm³/mol. The fourth-order valence-corrected chi connectivity index (χ4v) is 3.26. The number of esters is 1. The number of alkyl halides is 1. The SMILES string of the molecule is COC(=O)[C@@]1(Cl)C(c2ccccc2)N(c2ccccc2)O[C@@H]1C. The topological polar surface area (TPSA) is 38.8 Å². The Morgan fingerprint density at radius 2 is 1.70 bits per heavy atom. The fourth-order valence-electron chi connectivity index (χ4n) is 2.93. The lowest BCUT2D eigenvalue weighted by Crippen LogP contribution is -2.45. The van der Waals surface area contributed by atoms with E-state index in [-0.39, 0.29) is 0 Å². The molecule has 0 radical (unpaired) electrons. The Hall–Kier alpha value is -2.04. The van der Waals surface area contributed by atoms with Crippen molar-refractivity contribution in [3.63, 3.8) is 0 Å². The summed E-state index contributed by atoms with van der Waals surface area (Å²) in [4.78, 5) is 17.1. The second kappa shape index (κ2) is 6.22. The van der Waals surface area contributed by atoms with Crippen LogP contribution in [0.2, 0.25) is 0 Å². The van der Waals surface area contributed by atoms with Crippen LogP contribution in [0.5, 0.6) is 0 Å². The van der Waals surface area contributed by atoms with Crippen LogP contribution in [0.1, 0.15) is 18.5 Å². The molecule has 120 valence electrons. The van der Waals surface area contributed by atoms with E-state index in [1.165, 1.54) is 7.11 Å². The lowest BCUT2D eigenvalue weighted by molar-refractivity contribution is -0.145. The van der Waals surface area contributed by atoms with Crippen molar-refractivity contribution in [2.75, 3.05) is 12.2 Å². The number of methoxy groups -OCH3 is 1. The molecule has 4 nitrogen and oxygen atoms in total. The Morgan fingerprint density at radius 1 is 1.13 bits per heavy atom. The van der Waals surface area contributed by atoms with Crippen molar-refractivity contribution in [1.29, 1.82) is 0 Å². The standard InChI is InChI=1S/C18H18ClNO3/c1-13-18(19,17(21)22-2)16(14-9-5-3-6-10-14)20(23-13)15-11-7-4-8-12-15/h3-13,16H,1-2H3/t13-,16?,18+/m1/s1. The van der Waals surface area contributed by atoms with Gasteiger partial charge in [-0.1, -0.05) is 48.5 Å². The molecule has 1 heterocycles. The number of anilines is 1. The minimum absolute atomic E-state index is 0.491. The molecule has 1 aliphatic rings. The molecule has 3 rings (SSSR count). The number of rotatable bonds is 3. The molecule has 1 saturated heterocycles. The highest BCUT2D eigenvalue weighted by atomic mass is 35.5. The van der Waals surface area contributed by atoms with E-state index < -0.39 is 23.0 Å². The maximum Gasteiger partial charge on any atom is 0.332 e. The zero-order chi connectivity index (χ0) is 16.4. The van der Waals surface area contributed by atoms with E-state index in [0.29, 0.717) is 0 Å². The first kappa shape index (κ1) is 15.8. The van der Waals surface area contributed by atoms with Crippen molar-refractivity contribution in [2.24, 2.45) is 0 Å². The molecule has 0 aromatic heterocycles. The fraction of sp³-hybridized carbons (Fsp3) is 0.278. The molecule has 0 amide bonds. The minimum atomic E-state index is -1.33. The van der Waals surface area contributed by atoms with Gasteiger partial charge in [-0.3, -0.25) is 4.84 Å². The quantitative estimate of drug-likeness (QED) is 0.634. The number of ether oxygens (including phenoxy) is 1. The van der Waals surface area contributed by atoms with Crippen LogP contribution in [0.15, 0.2) is 60.7 Å². The Balaban J connectivity index is 2.13. The van der Waals surface area contributed by atoms with Crippen molar-refractivity contribution in [3.05, 3.63) is 66.2 Å². The van der Waals surface area contributed by atoms with Crippen molar-refractivity contribution < 1.29 is 14.4 Å². The highest BCUT2D eigenvalue weighted by Crippen LogP contribution is 2.49. The van der Waals surface area contributed by atoms with Gasteiger partial charge in [-0.2, -0.15) is 0 Å². The molecular formula is C18H18ClNO3. The van der Waals surface area contributed by atoms with Crippen LogP contribution in [0.4, 0.5) is 5.69 Å². The molecule has 1 fully saturated rings. The number of para-hydroxylation sites is 1. The van der Waals surface area contributed by atoms with Gasteiger partial charge in [0.25, 0.3) is 0 Å². The summed E-state index contributed by atoms with van der Waals surface area (Å²) in [5, 5.41) is 1.70. The second-order valence-electron chi connectivity index (χ2n) is 5.48. The van der Waals surface area contributed by atoms with Gasteiger partial charge in [-0.15, -0.1) is 11.6 Å². The summed E-state index contributed by atoms with van der Waals surface area (Å²) in [5.74, 6) is -0.501. The van der Waals surface area contributed by atoms with E-state index in [9.17, 15) is 4.79 Å². The molecule has 5 heteroatoms. The van der Waals surface area contributed by atoms with Crippen LogP contribution in [0.3, 0.4) is 0 Å². The molecule has 0 aliphatic carbocycles. The number of hydrogen-bond donors (Lipinski definition) is 0. The number of hydrogen-bond acceptors (Lipinski definition) is 4. The maximum atomic E-state index is 12.4.